The molecule has 20 heavy (non-hydrogen) atoms. The van der Waals surface area contributed by atoms with Crippen molar-refractivity contribution in [2.24, 2.45) is 5.73 Å². The van der Waals surface area contributed by atoms with E-state index in [4.69, 9.17) is 15.2 Å². The molecule has 2 unspecified atom stereocenters. The van der Waals surface area contributed by atoms with Crippen LogP contribution < -0.4 is 10.5 Å². The van der Waals surface area contributed by atoms with Gasteiger partial charge in [-0.15, -0.1) is 0 Å². The van der Waals surface area contributed by atoms with Gasteiger partial charge in [-0.2, -0.15) is 0 Å². The number of carbonyl (C=O) groups excluding carboxylic acids is 1. The molecule has 112 valence electrons. The molecule has 0 spiro atoms. The van der Waals surface area contributed by atoms with Crippen LogP contribution in [0.2, 0.25) is 0 Å². The van der Waals surface area contributed by atoms with Crippen molar-refractivity contribution in [1.29, 1.82) is 0 Å². The Bertz CT molecular complexity index is 414. The van der Waals surface area contributed by atoms with Crippen molar-refractivity contribution in [3.05, 3.63) is 29.8 Å². The van der Waals surface area contributed by atoms with E-state index in [1.807, 2.05) is 45.0 Å². The number of carbonyl (C=O) groups is 1. The van der Waals surface area contributed by atoms with E-state index in [0.717, 1.165) is 17.7 Å². The largest absolute Gasteiger partial charge is 0.491 e. The van der Waals surface area contributed by atoms with Crippen LogP contribution in [0, 0.1) is 0 Å². The molecule has 0 radical (unpaired) electrons. The molecule has 1 rings (SSSR count). The Morgan fingerprint density at radius 1 is 1.25 bits per heavy atom. The van der Waals surface area contributed by atoms with E-state index < -0.39 is 0 Å². The van der Waals surface area contributed by atoms with Gasteiger partial charge in [-0.3, -0.25) is 4.79 Å². The molecule has 2 atom stereocenters. The predicted molar refractivity (Wildman–Crippen MR) is 79.8 cm³/mol. The van der Waals surface area contributed by atoms with Crippen LogP contribution in [0.4, 0.5) is 0 Å². The third kappa shape index (κ3) is 4.85. The molecule has 1 aromatic carbocycles. The smallest absolute Gasteiger partial charge is 0.306 e. The summed E-state index contributed by atoms with van der Waals surface area (Å²) in [5, 5.41) is 0. The third-order valence-corrected chi connectivity index (χ3v) is 3.28. The first kappa shape index (κ1) is 16.5. The maximum Gasteiger partial charge on any atom is 0.306 e. The first-order chi connectivity index (χ1) is 9.47. The highest BCUT2D eigenvalue weighted by atomic mass is 16.5. The first-order valence-electron chi connectivity index (χ1n) is 7.06. The lowest BCUT2D eigenvalue weighted by atomic mass is 9.87. The molecule has 2 N–H and O–H groups in total. The number of nitrogens with two attached hydrogens (primary N) is 1. The van der Waals surface area contributed by atoms with Crippen molar-refractivity contribution in [3.8, 4) is 5.75 Å². The fraction of sp³-hybridized carbons (Fsp3) is 0.562. The maximum absolute atomic E-state index is 11.5. The molecule has 0 aliphatic rings. The van der Waals surface area contributed by atoms with Crippen LogP contribution in [0.5, 0.6) is 5.75 Å². The lowest BCUT2D eigenvalue weighted by molar-refractivity contribution is -0.141. The van der Waals surface area contributed by atoms with Gasteiger partial charge in [0.25, 0.3) is 0 Å². The van der Waals surface area contributed by atoms with Gasteiger partial charge < -0.3 is 15.2 Å². The summed E-state index contributed by atoms with van der Waals surface area (Å²) in [6.45, 7) is 5.99. The normalized spacial score (nSPS) is 13.9. The standard InChI is InChI=1S/C16H25NO3/c1-5-15(17)14(10-16(18)19-4)12-6-8-13(9-7-12)20-11(2)3/h6-9,11,14-15H,5,10,17H2,1-4H3. The number of methoxy groups -OCH3 is 1. The Balaban J connectivity index is 2.87. The Morgan fingerprint density at radius 3 is 2.30 bits per heavy atom. The van der Waals surface area contributed by atoms with Crippen LogP contribution in [-0.4, -0.2) is 25.2 Å². The number of rotatable bonds is 7. The fourth-order valence-corrected chi connectivity index (χ4v) is 2.13. The second-order valence-corrected chi connectivity index (χ2v) is 5.19. The molecule has 0 saturated heterocycles. The summed E-state index contributed by atoms with van der Waals surface area (Å²) in [5.74, 6) is 0.563. The Labute approximate surface area is 121 Å². The van der Waals surface area contributed by atoms with Gasteiger partial charge >= 0.3 is 5.97 Å². The molecule has 1 aromatic rings. The highest BCUT2D eigenvalue weighted by Gasteiger charge is 2.22. The maximum atomic E-state index is 11.5. The Kier molecular flexibility index (Phi) is 6.52. The summed E-state index contributed by atoms with van der Waals surface area (Å²) in [4.78, 5) is 11.5. The number of hydrogen-bond donors (Lipinski definition) is 1. The van der Waals surface area contributed by atoms with Crippen LogP contribution in [0.25, 0.3) is 0 Å². The van der Waals surface area contributed by atoms with Crippen LogP contribution in [-0.2, 0) is 9.53 Å². The number of esters is 1. The predicted octanol–water partition coefficient (Wildman–Crippen LogP) is 2.86. The van der Waals surface area contributed by atoms with E-state index in [-0.39, 0.29) is 24.0 Å². The molecule has 0 aliphatic carbocycles. The van der Waals surface area contributed by atoms with Gasteiger partial charge in [0.2, 0.25) is 0 Å². The van der Waals surface area contributed by atoms with Crippen molar-refractivity contribution >= 4 is 5.97 Å². The number of ether oxygens (including phenoxy) is 2. The summed E-state index contributed by atoms with van der Waals surface area (Å²) in [6, 6.07) is 7.72. The van der Waals surface area contributed by atoms with E-state index in [0.29, 0.717) is 6.42 Å². The van der Waals surface area contributed by atoms with Crippen LogP contribution in [0.1, 0.15) is 45.1 Å². The minimum absolute atomic E-state index is 0.0273. The van der Waals surface area contributed by atoms with Gasteiger partial charge in [0, 0.05) is 12.0 Å². The zero-order chi connectivity index (χ0) is 15.1. The summed E-state index contributed by atoms with van der Waals surface area (Å²) in [7, 11) is 1.40. The van der Waals surface area contributed by atoms with Gasteiger partial charge in [-0.1, -0.05) is 19.1 Å². The highest BCUT2D eigenvalue weighted by Crippen LogP contribution is 2.26. The van der Waals surface area contributed by atoms with Crippen LogP contribution >= 0.6 is 0 Å². The van der Waals surface area contributed by atoms with Crippen molar-refractivity contribution in [2.45, 2.75) is 51.7 Å². The van der Waals surface area contributed by atoms with Crippen molar-refractivity contribution < 1.29 is 14.3 Å². The van der Waals surface area contributed by atoms with Crippen LogP contribution in [0.3, 0.4) is 0 Å². The van der Waals surface area contributed by atoms with Gasteiger partial charge in [-0.05, 0) is 38.0 Å². The van der Waals surface area contributed by atoms with Crippen molar-refractivity contribution in [1.82, 2.24) is 0 Å². The number of hydrogen-bond acceptors (Lipinski definition) is 4. The van der Waals surface area contributed by atoms with Crippen molar-refractivity contribution in [2.75, 3.05) is 7.11 Å². The molecule has 0 heterocycles. The molecule has 0 amide bonds. The lowest BCUT2D eigenvalue weighted by Crippen LogP contribution is -2.29. The van der Waals surface area contributed by atoms with Gasteiger partial charge in [-0.25, -0.2) is 0 Å². The minimum Gasteiger partial charge on any atom is -0.491 e. The molecule has 0 aliphatic heterocycles. The SMILES string of the molecule is CCC(N)C(CC(=O)OC)c1ccc(OC(C)C)cc1. The second kappa shape index (κ2) is 7.90. The van der Waals surface area contributed by atoms with Crippen molar-refractivity contribution in [3.63, 3.8) is 0 Å². The summed E-state index contributed by atoms with van der Waals surface area (Å²) >= 11 is 0. The molecule has 0 aromatic heterocycles. The third-order valence-electron chi connectivity index (χ3n) is 3.28. The van der Waals surface area contributed by atoms with Gasteiger partial charge in [0.1, 0.15) is 5.75 Å². The first-order valence-corrected chi connectivity index (χ1v) is 7.06. The minimum atomic E-state index is -0.235. The van der Waals surface area contributed by atoms with E-state index >= 15 is 0 Å². The quantitative estimate of drug-likeness (QED) is 0.780. The summed E-state index contributed by atoms with van der Waals surface area (Å²) < 4.78 is 10.4. The molecule has 4 nitrogen and oxygen atoms in total. The topological polar surface area (TPSA) is 61.6 Å². The monoisotopic (exact) mass is 279 g/mol. The van der Waals surface area contributed by atoms with E-state index in [1.165, 1.54) is 7.11 Å². The van der Waals surface area contributed by atoms with Gasteiger partial charge in [0.05, 0.1) is 19.6 Å². The molecular weight excluding hydrogens is 254 g/mol. The summed E-state index contributed by atoms with van der Waals surface area (Å²) in [5.41, 5.74) is 7.17. The van der Waals surface area contributed by atoms with E-state index in [1.54, 1.807) is 0 Å². The average Bonchev–Trinajstić information content (AvgIpc) is 2.44. The highest BCUT2D eigenvalue weighted by molar-refractivity contribution is 5.70. The van der Waals surface area contributed by atoms with Crippen LogP contribution in [0.15, 0.2) is 24.3 Å². The molecular formula is C16H25NO3. The zero-order valence-electron chi connectivity index (χ0n) is 12.8. The Hall–Kier alpha value is -1.55. The Morgan fingerprint density at radius 2 is 1.85 bits per heavy atom. The molecule has 0 fully saturated rings. The van der Waals surface area contributed by atoms with E-state index in [2.05, 4.69) is 0 Å². The lowest BCUT2D eigenvalue weighted by Gasteiger charge is -2.22. The second-order valence-electron chi connectivity index (χ2n) is 5.19. The number of benzene rings is 1. The average molecular weight is 279 g/mol. The molecule has 0 bridgehead atoms. The fourth-order valence-electron chi connectivity index (χ4n) is 2.13. The summed E-state index contributed by atoms with van der Waals surface area (Å²) in [6.07, 6.45) is 1.26. The van der Waals surface area contributed by atoms with E-state index in [9.17, 15) is 4.79 Å². The molecule has 0 saturated carbocycles. The van der Waals surface area contributed by atoms with Gasteiger partial charge in [0.15, 0.2) is 0 Å². The molecule has 4 heteroatoms. The zero-order valence-corrected chi connectivity index (χ0v) is 12.8.